The molecule has 0 heterocycles. The minimum atomic E-state index is -0.171. The van der Waals surface area contributed by atoms with Crippen molar-refractivity contribution < 1.29 is 19.1 Å². The van der Waals surface area contributed by atoms with Crippen molar-refractivity contribution in [2.45, 2.75) is 6.92 Å². The van der Waals surface area contributed by atoms with Crippen molar-refractivity contribution in [3.8, 4) is 5.75 Å². The standard InChI is InChI=1S/C20H25N3O4/c1-3-21-20(25)15-4-6-16(7-5-15)22-14-19(24)23-17-8-10-18(11-9-17)27-13-12-26-2/h4-11,22H,3,12-14H2,1-2H3,(H,21,25)(H,23,24). The van der Waals surface area contributed by atoms with Crippen LogP contribution in [0.4, 0.5) is 11.4 Å². The van der Waals surface area contributed by atoms with Crippen LogP contribution in [0.15, 0.2) is 48.5 Å². The van der Waals surface area contributed by atoms with Gasteiger partial charge in [-0.3, -0.25) is 9.59 Å². The van der Waals surface area contributed by atoms with Gasteiger partial charge in [0.25, 0.3) is 5.91 Å². The van der Waals surface area contributed by atoms with Gasteiger partial charge in [-0.2, -0.15) is 0 Å². The fourth-order valence-corrected chi connectivity index (χ4v) is 2.27. The molecule has 2 amide bonds. The molecule has 3 N–H and O–H groups in total. The predicted molar refractivity (Wildman–Crippen MR) is 105 cm³/mol. The van der Waals surface area contributed by atoms with Crippen LogP contribution in [0.1, 0.15) is 17.3 Å². The Labute approximate surface area is 159 Å². The van der Waals surface area contributed by atoms with Crippen LogP contribution in [0.5, 0.6) is 5.75 Å². The maximum atomic E-state index is 12.1. The molecule has 0 aliphatic rings. The van der Waals surface area contributed by atoms with Gasteiger partial charge in [0.05, 0.1) is 13.2 Å². The third-order valence-electron chi connectivity index (χ3n) is 3.63. The number of hydrogen-bond donors (Lipinski definition) is 3. The molecule has 7 nitrogen and oxygen atoms in total. The largest absolute Gasteiger partial charge is 0.491 e. The van der Waals surface area contributed by atoms with Crippen molar-refractivity contribution >= 4 is 23.2 Å². The van der Waals surface area contributed by atoms with E-state index in [4.69, 9.17) is 9.47 Å². The summed E-state index contributed by atoms with van der Waals surface area (Å²) in [5.74, 6) is 0.433. The van der Waals surface area contributed by atoms with Crippen molar-refractivity contribution in [1.82, 2.24) is 5.32 Å². The summed E-state index contributed by atoms with van der Waals surface area (Å²) in [4.78, 5) is 23.8. The van der Waals surface area contributed by atoms with E-state index >= 15 is 0 Å². The zero-order valence-electron chi connectivity index (χ0n) is 15.6. The average molecular weight is 371 g/mol. The average Bonchev–Trinajstić information content (AvgIpc) is 2.68. The van der Waals surface area contributed by atoms with Crippen LogP contribution in [-0.4, -0.2) is 45.2 Å². The highest BCUT2D eigenvalue weighted by Crippen LogP contribution is 2.16. The summed E-state index contributed by atoms with van der Waals surface area (Å²) < 4.78 is 10.4. The molecular formula is C20H25N3O4. The quantitative estimate of drug-likeness (QED) is 0.559. The Hall–Kier alpha value is -3.06. The molecule has 0 bridgehead atoms. The summed E-state index contributed by atoms with van der Waals surface area (Å²) in [6.07, 6.45) is 0. The molecule has 0 saturated heterocycles. The van der Waals surface area contributed by atoms with Crippen LogP contribution < -0.4 is 20.7 Å². The van der Waals surface area contributed by atoms with E-state index in [1.807, 2.05) is 6.92 Å². The number of nitrogens with one attached hydrogen (secondary N) is 3. The number of hydrogen-bond acceptors (Lipinski definition) is 5. The number of anilines is 2. The molecule has 27 heavy (non-hydrogen) atoms. The van der Waals surface area contributed by atoms with E-state index in [0.29, 0.717) is 31.0 Å². The first-order valence-electron chi connectivity index (χ1n) is 8.76. The van der Waals surface area contributed by atoms with Gasteiger partial charge in [0.1, 0.15) is 12.4 Å². The van der Waals surface area contributed by atoms with Crippen LogP contribution in [0, 0.1) is 0 Å². The molecule has 7 heteroatoms. The lowest BCUT2D eigenvalue weighted by Crippen LogP contribution is -2.23. The van der Waals surface area contributed by atoms with Crippen LogP contribution in [0.2, 0.25) is 0 Å². The lowest BCUT2D eigenvalue weighted by molar-refractivity contribution is -0.114. The third-order valence-corrected chi connectivity index (χ3v) is 3.63. The Balaban J connectivity index is 1.78. The predicted octanol–water partition coefficient (Wildman–Crippen LogP) is 2.51. The van der Waals surface area contributed by atoms with Crippen LogP contribution in [0.3, 0.4) is 0 Å². The molecule has 0 aromatic heterocycles. The maximum absolute atomic E-state index is 12.1. The van der Waals surface area contributed by atoms with E-state index in [1.165, 1.54) is 0 Å². The zero-order valence-corrected chi connectivity index (χ0v) is 15.6. The maximum Gasteiger partial charge on any atom is 0.251 e. The minimum absolute atomic E-state index is 0.114. The first kappa shape index (κ1) is 20.3. The van der Waals surface area contributed by atoms with E-state index in [2.05, 4.69) is 16.0 Å². The van der Waals surface area contributed by atoms with E-state index in [9.17, 15) is 9.59 Å². The van der Waals surface area contributed by atoms with Crippen molar-refractivity contribution in [3.63, 3.8) is 0 Å². The molecule has 0 unspecified atom stereocenters. The van der Waals surface area contributed by atoms with E-state index in [0.717, 1.165) is 11.4 Å². The number of amides is 2. The van der Waals surface area contributed by atoms with Crippen molar-refractivity contribution in [2.75, 3.05) is 44.0 Å². The van der Waals surface area contributed by atoms with Gasteiger partial charge in [-0.05, 0) is 55.5 Å². The van der Waals surface area contributed by atoms with Gasteiger partial charge in [0, 0.05) is 30.6 Å². The van der Waals surface area contributed by atoms with Gasteiger partial charge in [-0.25, -0.2) is 0 Å². The monoisotopic (exact) mass is 371 g/mol. The number of ether oxygens (including phenoxy) is 2. The number of carbonyl (C=O) groups excluding carboxylic acids is 2. The first-order chi connectivity index (χ1) is 13.1. The summed E-state index contributed by atoms with van der Waals surface area (Å²) in [6, 6.07) is 14.1. The zero-order chi connectivity index (χ0) is 19.5. The second-order valence-electron chi connectivity index (χ2n) is 5.70. The summed E-state index contributed by atoms with van der Waals surface area (Å²) in [5, 5.41) is 8.57. The number of rotatable bonds is 10. The molecule has 2 rings (SSSR count). The normalized spacial score (nSPS) is 10.1. The highest BCUT2D eigenvalue weighted by molar-refractivity contribution is 5.95. The second kappa shape index (κ2) is 10.8. The topological polar surface area (TPSA) is 88.7 Å². The summed E-state index contributed by atoms with van der Waals surface area (Å²) in [5.41, 5.74) is 2.03. The second-order valence-corrected chi connectivity index (χ2v) is 5.70. The van der Waals surface area contributed by atoms with Crippen LogP contribution in [0.25, 0.3) is 0 Å². The molecule has 0 spiro atoms. The summed E-state index contributed by atoms with van der Waals surface area (Å²) in [7, 11) is 1.62. The SMILES string of the molecule is CCNC(=O)c1ccc(NCC(=O)Nc2ccc(OCCOC)cc2)cc1. The molecule has 0 aliphatic carbocycles. The number of methoxy groups -OCH3 is 1. The molecular weight excluding hydrogens is 346 g/mol. The molecule has 2 aromatic carbocycles. The smallest absolute Gasteiger partial charge is 0.251 e. The molecule has 0 radical (unpaired) electrons. The molecule has 0 saturated carbocycles. The highest BCUT2D eigenvalue weighted by Gasteiger charge is 2.05. The molecule has 2 aromatic rings. The van der Waals surface area contributed by atoms with Crippen LogP contribution in [-0.2, 0) is 9.53 Å². The van der Waals surface area contributed by atoms with E-state index in [-0.39, 0.29) is 18.4 Å². The lowest BCUT2D eigenvalue weighted by atomic mass is 10.2. The Morgan fingerprint density at radius 1 is 0.926 bits per heavy atom. The van der Waals surface area contributed by atoms with E-state index < -0.39 is 0 Å². The molecule has 0 aliphatic heterocycles. The van der Waals surface area contributed by atoms with Gasteiger partial charge in [0.15, 0.2) is 0 Å². The molecule has 0 fully saturated rings. The van der Waals surface area contributed by atoms with Crippen molar-refractivity contribution in [3.05, 3.63) is 54.1 Å². The summed E-state index contributed by atoms with van der Waals surface area (Å²) in [6.45, 7) is 3.57. The lowest BCUT2D eigenvalue weighted by Gasteiger charge is -2.10. The number of benzene rings is 2. The van der Waals surface area contributed by atoms with Gasteiger partial charge >= 0.3 is 0 Å². The van der Waals surface area contributed by atoms with Crippen molar-refractivity contribution in [1.29, 1.82) is 0 Å². The first-order valence-corrected chi connectivity index (χ1v) is 8.76. The summed E-state index contributed by atoms with van der Waals surface area (Å²) >= 11 is 0. The van der Waals surface area contributed by atoms with Gasteiger partial charge < -0.3 is 25.4 Å². The van der Waals surface area contributed by atoms with Crippen LogP contribution >= 0.6 is 0 Å². The van der Waals surface area contributed by atoms with Gasteiger partial charge in [0.2, 0.25) is 5.91 Å². The molecule has 0 atom stereocenters. The molecule has 144 valence electrons. The van der Waals surface area contributed by atoms with E-state index in [1.54, 1.807) is 55.6 Å². The Bertz CT molecular complexity index is 730. The van der Waals surface area contributed by atoms with Gasteiger partial charge in [-0.15, -0.1) is 0 Å². The Kier molecular flexibility index (Phi) is 8.12. The van der Waals surface area contributed by atoms with Gasteiger partial charge in [-0.1, -0.05) is 0 Å². The fraction of sp³-hybridized carbons (Fsp3) is 0.300. The Morgan fingerprint density at radius 2 is 1.59 bits per heavy atom. The Morgan fingerprint density at radius 3 is 2.22 bits per heavy atom. The third kappa shape index (κ3) is 6.99. The van der Waals surface area contributed by atoms with Crippen molar-refractivity contribution in [2.24, 2.45) is 0 Å². The highest BCUT2D eigenvalue weighted by atomic mass is 16.5. The number of carbonyl (C=O) groups is 2. The minimum Gasteiger partial charge on any atom is -0.491 e. The fourth-order valence-electron chi connectivity index (χ4n) is 2.27.